The van der Waals surface area contributed by atoms with Crippen molar-refractivity contribution in [1.29, 1.82) is 0 Å². The van der Waals surface area contributed by atoms with Crippen molar-refractivity contribution in [3.63, 3.8) is 0 Å². The second-order valence-electron chi connectivity index (χ2n) is 6.04. The summed E-state index contributed by atoms with van der Waals surface area (Å²) in [5.41, 5.74) is 0. The number of hydrogen-bond donors (Lipinski definition) is 1. The van der Waals surface area contributed by atoms with Crippen LogP contribution in [0.2, 0.25) is 0 Å². The number of aliphatic hydroxyl groups is 1. The molecule has 0 heterocycles. The number of rotatable bonds is 13. The summed E-state index contributed by atoms with van der Waals surface area (Å²) in [6.45, 7) is 7.11. The first-order valence-electron chi connectivity index (χ1n) is 8.13. The quantitative estimate of drug-likeness (QED) is 0.309. The maximum Gasteiger partial charge on any atom is 0.180 e. The molecular formula is C16H36ClNO. The van der Waals surface area contributed by atoms with Gasteiger partial charge in [-0.2, -0.15) is 0 Å². The lowest BCUT2D eigenvalue weighted by Crippen LogP contribution is -3.00. The van der Waals surface area contributed by atoms with Crippen molar-refractivity contribution < 1.29 is 22.0 Å². The van der Waals surface area contributed by atoms with Gasteiger partial charge < -0.3 is 22.0 Å². The molecule has 0 spiro atoms. The van der Waals surface area contributed by atoms with Crippen molar-refractivity contribution in [1.82, 2.24) is 0 Å². The third-order valence-corrected chi connectivity index (χ3v) is 3.94. The molecule has 0 saturated heterocycles. The minimum absolute atomic E-state index is 0. The average Bonchev–Trinajstić information content (AvgIpc) is 2.38. The van der Waals surface area contributed by atoms with Gasteiger partial charge in [-0.3, -0.25) is 0 Å². The van der Waals surface area contributed by atoms with Gasteiger partial charge in [-0.1, -0.05) is 52.4 Å². The first-order chi connectivity index (χ1) is 8.68. The maximum absolute atomic E-state index is 9.56. The van der Waals surface area contributed by atoms with Crippen LogP contribution in [-0.2, 0) is 0 Å². The van der Waals surface area contributed by atoms with Crippen molar-refractivity contribution in [2.75, 3.05) is 26.9 Å². The molecule has 0 amide bonds. The van der Waals surface area contributed by atoms with E-state index in [0.717, 1.165) is 17.6 Å². The van der Waals surface area contributed by atoms with Crippen molar-refractivity contribution >= 4 is 0 Å². The number of quaternary nitrogens is 1. The smallest absolute Gasteiger partial charge is 0.180 e. The molecule has 1 N–H and O–H groups in total. The zero-order valence-electron chi connectivity index (χ0n) is 13.5. The Hall–Kier alpha value is 0.210. The number of aliphatic hydroxyl groups excluding tert-OH is 1. The van der Waals surface area contributed by atoms with Crippen molar-refractivity contribution in [2.24, 2.45) is 0 Å². The summed E-state index contributed by atoms with van der Waals surface area (Å²) in [6, 6.07) is 0. The van der Waals surface area contributed by atoms with Gasteiger partial charge >= 0.3 is 0 Å². The molecule has 3 heteroatoms. The summed E-state index contributed by atoms with van der Waals surface area (Å²) in [6.07, 6.45) is 13.3. The average molecular weight is 294 g/mol. The molecule has 2 nitrogen and oxygen atoms in total. The Labute approximate surface area is 127 Å². The summed E-state index contributed by atoms with van der Waals surface area (Å²) in [7, 11) is 2.21. The highest BCUT2D eigenvalue weighted by atomic mass is 35.5. The molecule has 0 aromatic carbocycles. The van der Waals surface area contributed by atoms with Gasteiger partial charge in [0.1, 0.15) is 0 Å². The summed E-state index contributed by atoms with van der Waals surface area (Å²) in [4.78, 5) is 0. The summed E-state index contributed by atoms with van der Waals surface area (Å²) >= 11 is 0. The van der Waals surface area contributed by atoms with Gasteiger partial charge in [0.15, 0.2) is 6.73 Å². The molecule has 118 valence electrons. The predicted molar refractivity (Wildman–Crippen MR) is 80.5 cm³/mol. The van der Waals surface area contributed by atoms with E-state index in [-0.39, 0.29) is 12.4 Å². The maximum atomic E-state index is 9.56. The normalized spacial score (nSPS) is 11.4. The molecule has 0 saturated carbocycles. The first kappa shape index (κ1) is 21.5. The molecule has 0 bridgehead atoms. The van der Waals surface area contributed by atoms with E-state index in [2.05, 4.69) is 20.9 Å². The van der Waals surface area contributed by atoms with E-state index < -0.39 is 0 Å². The van der Waals surface area contributed by atoms with Crippen LogP contribution in [0.4, 0.5) is 0 Å². The Morgan fingerprint density at radius 3 is 1.37 bits per heavy atom. The minimum Gasteiger partial charge on any atom is -1.00 e. The summed E-state index contributed by atoms with van der Waals surface area (Å²) < 4.78 is 0.859. The van der Waals surface area contributed by atoms with Gasteiger partial charge in [0.25, 0.3) is 0 Å². The molecule has 0 radical (unpaired) electrons. The Balaban J connectivity index is 0. The van der Waals surface area contributed by atoms with Crippen LogP contribution in [0.15, 0.2) is 0 Å². The molecule has 0 aliphatic heterocycles. The van der Waals surface area contributed by atoms with Crippen LogP contribution < -0.4 is 12.4 Å². The van der Waals surface area contributed by atoms with E-state index in [1.54, 1.807) is 0 Å². The van der Waals surface area contributed by atoms with Crippen LogP contribution in [0.5, 0.6) is 0 Å². The molecular weight excluding hydrogens is 258 g/mol. The fraction of sp³-hybridized carbons (Fsp3) is 1.00. The zero-order valence-corrected chi connectivity index (χ0v) is 14.2. The van der Waals surface area contributed by atoms with Gasteiger partial charge in [-0.15, -0.1) is 0 Å². The molecule has 0 fully saturated rings. The molecule has 0 atom stereocenters. The summed E-state index contributed by atoms with van der Waals surface area (Å²) in [5, 5.41) is 9.56. The van der Waals surface area contributed by atoms with Gasteiger partial charge in [-0.25, -0.2) is 0 Å². The number of hydrogen-bond acceptors (Lipinski definition) is 1. The van der Waals surface area contributed by atoms with E-state index >= 15 is 0 Å². The minimum atomic E-state index is 0. The van der Waals surface area contributed by atoms with Crippen LogP contribution in [0.1, 0.15) is 78.1 Å². The Morgan fingerprint density at radius 1 is 0.684 bits per heavy atom. The van der Waals surface area contributed by atoms with Crippen molar-refractivity contribution in [3.05, 3.63) is 0 Å². The highest BCUT2D eigenvalue weighted by molar-refractivity contribution is 4.46. The van der Waals surface area contributed by atoms with Gasteiger partial charge in [0.05, 0.1) is 20.1 Å². The van der Waals surface area contributed by atoms with Crippen LogP contribution in [0, 0.1) is 0 Å². The van der Waals surface area contributed by atoms with Crippen molar-refractivity contribution in [3.8, 4) is 0 Å². The van der Waals surface area contributed by atoms with E-state index in [9.17, 15) is 5.11 Å². The standard InChI is InChI=1S/C16H36NO.ClH/c1-4-6-8-10-12-14-17(3,16-18)15-13-11-9-7-5-2;/h18H,4-16H2,1-3H3;1H/q+1;/p-1. The molecule has 0 aromatic heterocycles. The number of nitrogens with zero attached hydrogens (tertiary/aromatic N) is 1. The topological polar surface area (TPSA) is 20.2 Å². The Morgan fingerprint density at radius 2 is 1.05 bits per heavy atom. The monoisotopic (exact) mass is 293 g/mol. The molecule has 0 unspecified atom stereocenters. The van der Waals surface area contributed by atoms with Crippen LogP contribution in [0.3, 0.4) is 0 Å². The Kier molecular flexibility index (Phi) is 16.5. The van der Waals surface area contributed by atoms with E-state index in [1.165, 1.54) is 64.2 Å². The highest BCUT2D eigenvalue weighted by Gasteiger charge is 2.18. The fourth-order valence-corrected chi connectivity index (χ4v) is 2.45. The van der Waals surface area contributed by atoms with E-state index in [4.69, 9.17) is 0 Å². The van der Waals surface area contributed by atoms with E-state index in [0.29, 0.717) is 6.73 Å². The number of halogens is 1. The lowest BCUT2D eigenvalue weighted by Gasteiger charge is -2.32. The van der Waals surface area contributed by atoms with E-state index in [1.807, 2.05) is 0 Å². The summed E-state index contributed by atoms with van der Waals surface area (Å²) in [5.74, 6) is 0. The first-order valence-corrected chi connectivity index (χ1v) is 8.13. The molecule has 0 aliphatic rings. The van der Waals surface area contributed by atoms with Crippen molar-refractivity contribution in [2.45, 2.75) is 78.1 Å². The predicted octanol–water partition coefficient (Wildman–Crippen LogP) is 1.33. The molecule has 0 aliphatic carbocycles. The SMILES string of the molecule is CCCCCCC[N+](C)(CO)CCCCCCC.[Cl-]. The molecule has 19 heavy (non-hydrogen) atoms. The third-order valence-electron chi connectivity index (χ3n) is 3.94. The van der Waals surface area contributed by atoms with Crippen LogP contribution >= 0.6 is 0 Å². The fourth-order valence-electron chi connectivity index (χ4n) is 2.45. The van der Waals surface area contributed by atoms with Crippen LogP contribution in [0.25, 0.3) is 0 Å². The van der Waals surface area contributed by atoms with Gasteiger partial charge in [0, 0.05) is 0 Å². The number of unbranched alkanes of at least 4 members (excludes halogenated alkanes) is 8. The lowest BCUT2D eigenvalue weighted by atomic mass is 10.1. The largest absolute Gasteiger partial charge is 1.00 e. The second-order valence-corrected chi connectivity index (χ2v) is 6.04. The van der Waals surface area contributed by atoms with Gasteiger partial charge in [0.2, 0.25) is 0 Å². The second kappa shape index (κ2) is 14.6. The molecule has 0 aromatic rings. The highest BCUT2D eigenvalue weighted by Crippen LogP contribution is 2.11. The van der Waals surface area contributed by atoms with Gasteiger partial charge in [-0.05, 0) is 25.7 Å². The third kappa shape index (κ3) is 13.0. The molecule has 0 rings (SSSR count). The lowest BCUT2D eigenvalue weighted by molar-refractivity contribution is -0.927. The Bertz CT molecular complexity index is 162. The zero-order chi connectivity index (χ0) is 13.7. The van der Waals surface area contributed by atoms with Crippen LogP contribution in [-0.4, -0.2) is 36.5 Å².